The molecule has 0 fully saturated rings. The van der Waals surface area contributed by atoms with E-state index in [4.69, 9.17) is 28.3 Å². The molecule has 0 bridgehead atoms. The maximum Gasteiger partial charge on any atom is 0.433 e. The van der Waals surface area contributed by atoms with E-state index >= 15 is 0 Å². The summed E-state index contributed by atoms with van der Waals surface area (Å²) in [6.07, 6.45) is -3.36. The van der Waals surface area contributed by atoms with E-state index in [1.807, 2.05) is 0 Å². The molecule has 170 valence electrons. The molecule has 0 saturated carbocycles. The predicted octanol–water partition coefficient (Wildman–Crippen LogP) is 5.91. The molecule has 3 heterocycles. The molecule has 6 nitrogen and oxygen atoms in total. The van der Waals surface area contributed by atoms with Gasteiger partial charge in [0.15, 0.2) is 5.82 Å². The highest BCUT2D eigenvalue weighted by atomic mass is 35.5. The van der Waals surface area contributed by atoms with Gasteiger partial charge in [-0.15, -0.1) is 11.3 Å². The molecule has 0 spiro atoms. The van der Waals surface area contributed by atoms with E-state index in [1.54, 1.807) is 0 Å². The van der Waals surface area contributed by atoms with Crippen LogP contribution >= 0.6 is 34.5 Å². The molecule has 3 aromatic heterocycles. The van der Waals surface area contributed by atoms with E-state index in [-0.39, 0.29) is 31.3 Å². The third kappa shape index (κ3) is 5.17. The lowest BCUT2D eigenvalue weighted by atomic mass is 10.1. The number of hydrogen-bond acceptors (Lipinski definition) is 6. The van der Waals surface area contributed by atoms with Crippen LogP contribution in [0.4, 0.5) is 13.2 Å². The Balaban J connectivity index is 1.84. The second kappa shape index (κ2) is 8.65. The number of nitrogens with two attached hydrogens (primary N) is 1. The molecular formula is C20H11Cl2F3N4O2S2. The molecule has 0 unspecified atom stereocenters. The molecule has 0 saturated heterocycles. The first kappa shape index (κ1) is 23.6. The quantitative estimate of drug-likeness (QED) is 0.353. The Bertz CT molecular complexity index is 1470. The number of alkyl halides is 3. The summed E-state index contributed by atoms with van der Waals surface area (Å²) >= 11 is 12.8. The lowest BCUT2D eigenvalue weighted by molar-refractivity contribution is -0.141. The first-order chi connectivity index (χ1) is 15.4. The number of halogens is 5. The molecule has 4 aromatic rings. The van der Waals surface area contributed by atoms with E-state index in [2.05, 4.69) is 15.0 Å². The zero-order chi connectivity index (χ0) is 24.0. The van der Waals surface area contributed by atoms with Crippen LogP contribution in [0.25, 0.3) is 33.2 Å². The Morgan fingerprint density at radius 3 is 2.27 bits per heavy atom. The molecule has 0 atom stereocenters. The Kier molecular flexibility index (Phi) is 6.18. The van der Waals surface area contributed by atoms with Crippen molar-refractivity contribution < 1.29 is 21.6 Å². The van der Waals surface area contributed by atoms with Crippen molar-refractivity contribution in [3.8, 4) is 33.2 Å². The number of primary sulfonamides is 1. The monoisotopic (exact) mass is 530 g/mol. The van der Waals surface area contributed by atoms with Crippen LogP contribution in [0.15, 0.2) is 58.9 Å². The molecule has 33 heavy (non-hydrogen) atoms. The van der Waals surface area contributed by atoms with Crippen molar-refractivity contribution in [3.05, 3.63) is 70.5 Å². The van der Waals surface area contributed by atoms with Crippen LogP contribution in [0.5, 0.6) is 0 Å². The summed E-state index contributed by atoms with van der Waals surface area (Å²) in [4.78, 5) is 12.6. The van der Waals surface area contributed by atoms with E-state index in [9.17, 15) is 21.6 Å². The van der Waals surface area contributed by atoms with Gasteiger partial charge >= 0.3 is 6.18 Å². The van der Waals surface area contributed by atoms with Crippen molar-refractivity contribution in [2.75, 3.05) is 0 Å². The molecule has 0 aliphatic rings. The van der Waals surface area contributed by atoms with Gasteiger partial charge in [0.1, 0.15) is 9.90 Å². The summed E-state index contributed by atoms with van der Waals surface area (Å²) in [7, 11) is -3.90. The van der Waals surface area contributed by atoms with Crippen LogP contribution in [0.1, 0.15) is 5.69 Å². The van der Waals surface area contributed by atoms with Gasteiger partial charge < -0.3 is 0 Å². The van der Waals surface area contributed by atoms with Gasteiger partial charge in [0.05, 0.1) is 26.3 Å². The fourth-order valence-electron chi connectivity index (χ4n) is 2.84. The first-order valence-corrected chi connectivity index (χ1v) is 12.0. The van der Waals surface area contributed by atoms with Gasteiger partial charge in [0.2, 0.25) is 10.0 Å². The van der Waals surface area contributed by atoms with Gasteiger partial charge in [-0.05, 0) is 42.5 Å². The van der Waals surface area contributed by atoms with Gasteiger partial charge in [-0.2, -0.15) is 13.2 Å². The van der Waals surface area contributed by atoms with E-state index < -0.39 is 21.9 Å². The summed E-state index contributed by atoms with van der Waals surface area (Å²) in [6.45, 7) is 0. The minimum Gasteiger partial charge on any atom is -0.255 e. The fraction of sp³-hybridized carbons (Fsp3) is 0.0500. The molecule has 1 aromatic carbocycles. The number of benzene rings is 1. The smallest absolute Gasteiger partial charge is 0.255 e. The highest BCUT2D eigenvalue weighted by molar-refractivity contribution is 7.91. The third-order valence-electron chi connectivity index (χ3n) is 4.36. The fourth-order valence-corrected chi connectivity index (χ4v) is 4.83. The lowest BCUT2D eigenvalue weighted by Gasteiger charge is -2.12. The van der Waals surface area contributed by atoms with Gasteiger partial charge in [-0.1, -0.05) is 29.3 Å². The number of aromatic nitrogens is 3. The normalized spacial score (nSPS) is 12.2. The summed E-state index contributed by atoms with van der Waals surface area (Å²) in [6, 6.07) is 10.9. The summed E-state index contributed by atoms with van der Waals surface area (Å²) < 4.78 is 63.7. The Labute approximate surface area is 199 Å². The van der Waals surface area contributed by atoms with Gasteiger partial charge in [-0.25, -0.2) is 23.5 Å². The molecule has 2 N–H and O–H groups in total. The van der Waals surface area contributed by atoms with Crippen molar-refractivity contribution in [2.24, 2.45) is 5.14 Å². The molecule has 0 radical (unpaired) electrons. The average molecular weight is 531 g/mol. The Morgan fingerprint density at radius 1 is 0.879 bits per heavy atom. The van der Waals surface area contributed by atoms with Gasteiger partial charge in [0.25, 0.3) is 0 Å². The number of thiophene rings is 1. The van der Waals surface area contributed by atoms with E-state index in [0.29, 0.717) is 16.1 Å². The van der Waals surface area contributed by atoms with Crippen molar-refractivity contribution in [1.82, 2.24) is 15.0 Å². The van der Waals surface area contributed by atoms with Crippen LogP contribution in [0, 0.1) is 0 Å². The second-order valence-electron chi connectivity index (χ2n) is 6.68. The Morgan fingerprint density at radius 2 is 1.64 bits per heavy atom. The third-order valence-corrected chi connectivity index (χ3v) is 7.65. The molecular weight excluding hydrogens is 520 g/mol. The highest BCUT2D eigenvalue weighted by Crippen LogP contribution is 2.35. The minimum absolute atomic E-state index is 0.00288. The highest BCUT2D eigenvalue weighted by Gasteiger charge is 2.34. The maximum absolute atomic E-state index is 13.6. The van der Waals surface area contributed by atoms with Crippen LogP contribution in [-0.4, -0.2) is 23.4 Å². The maximum atomic E-state index is 13.6. The minimum atomic E-state index is -4.73. The summed E-state index contributed by atoms with van der Waals surface area (Å²) in [5.41, 5.74) is -0.247. The van der Waals surface area contributed by atoms with Crippen LogP contribution in [-0.2, 0) is 16.2 Å². The largest absolute Gasteiger partial charge is 0.433 e. The van der Waals surface area contributed by atoms with Crippen molar-refractivity contribution >= 4 is 44.6 Å². The summed E-state index contributed by atoms with van der Waals surface area (Å²) in [5, 5.41) is 5.55. The number of rotatable bonds is 4. The molecule has 4 rings (SSSR count). The average Bonchev–Trinajstić information content (AvgIpc) is 3.26. The predicted molar refractivity (Wildman–Crippen MR) is 120 cm³/mol. The zero-order valence-electron chi connectivity index (χ0n) is 16.1. The standard InChI is InChI=1S/C20H11Cl2F3N4O2S2/c21-12-2-1-10(7-13(12)22)14-9-17(20(23,24)25)29-19(28-14)11-5-6-27-15(8-11)16-3-4-18(32-16)33(26,30)31/h1-9H,(H2,26,30,31). The molecule has 13 heteroatoms. The number of hydrogen-bond donors (Lipinski definition) is 1. The van der Waals surface area contributed by atoms with E-state index in [1.165, 1.54) is 48.7 Å². The van der Waals surface area contributed by atoms with Gasteiger partial charge in [0, 0.05) is 17.3 Å². The first-order valence-electron chi connectivity index (χ1n) is 8.93. The van der Waals surface area contributed by atoms with Crippen LogP contribution in [0.2, 0.25) is 10.0 Å². The zero-order valence-corrected chi connectivity index (χ0v) is 19.3. The van der Waals surface area contributed by atoms with Crippen LogP contribution in [0.3, 0.4) is 0 Å². The number of nitrogens with zero attached hydrogens (tertiary/aromatic N) is 3. The SMILES string of the molecule is NS(=O)(=O)c1ccc(-c2cc(-c3nc(-c4ccc(Cl)c(Cl)c4)cc(C(F)(F)F)n3)ccn2)s1. The second-order valence-corrected chi connectivity index (χ2v) is 10.4. The summed E-state index contributed by atoms with van der Waals surface area (Å²) in [5.74, 6) is -0.197. The van der Waals surface area contributed by atoms with Crippen molar-refractivity contribution in [2.45, 2.75) is 10.4 Å². The topological polar surface area (TPSA) is 98.8 Å². The Hall–Kier alpha value is -2.57. The molecule has 0 aliphatic carbocycles. The molecule has 0 amide bonds. The lowest BCUT2D eigenvalue weighted by Crippen LogP contribution is -2.10. The number of sulfonamides is 1. The van der Waals surface area contributed by atoms with Crippen molar-refractivity contribution in [3.63, 3.8) is 0 Å². The van der Waals surface area contributed by atoms with Gasteiger partial charge in [-0.3, -0.25) is 4.98 Å². The number of pyridine rings is 1. The van der Waals surface area contributed by atoms with Crippen molar-refractivity contribution in [1.29, 1.82) is 0 Å². The van der Waals surface area contributed by atoms with E-state index in [0.717, 1.165) is 17.4 Å². The van der Waals surface area contributed by atoms with Crippen LogP contribution < -0.4 is 5.14 Å². The molecule has 0 aliphatic heterocycles.